The van der Waals surface area contributed by atoms with Crippen LogP contribution in [0.15, 0.2) is 18.7 Å². The molecule has 0 spiro atoms. The SMILES string of the molecule is CCOC(C)n1cc(-c2ncnc(NC(=S)NC(=O)O)c2OC)cn1. The van der Waals surface area contributed by atoms with Gasteiger partial charge in [0.05, 0.1) is 13.3 Å². The summed E-state index contributed by atoms with van der Waals surface area (Å²) < 4.78 is 12.5. The number of hydrogen-bond donors (Lipinski definition) is 3. The van der Waals surface area contributed by atoms with Crippen molar-refractivity contribution >= 4 is 29.2 Å². The first-order valence-electron chi connectivity index (χ1n) is 7.32. The van der Waals surface area contributed by atoms with E-state index < -0.39 is 6.09 Å². The molecule has 0 aliphatic heterocycles. The Bertz CT molecular complexity index is 766. The van der Waals surface area contributed by atoms with Crippen molar-refractivity contribution in [2.24, 2.45) is 0 Å². The fourth-order valence-electron chi connectivity index (χ4n) is 2.07. The second kappa shape index (κ2) is 8.35. The molecule has 0 bridgehead atoms. The summed E-state index contributed by atoms with van der Waals surface area (Å²) in [6.07, 6.45) is 3.20. The van der Waals surface area contributed by atoms with Gasteiger partial charge in [-0.05, 0) is 26.1 Å². The molecule has 2 heterocycles. The molecule has 2 rings (SSSR count). The van der Waals surface area contributed by atoms with Crippen molar-refractivity contribution < 1.29 is 19.4 Å². The summed E-state index contributed by atoms with van der Waals surface area (Å²) in [5.74, 6) is 0.539. The molecule has 2 aromatic heterocycles. The number of methoxy groups -OCH3 is 1. The van der Waals surface area contributed by atoms with E-state index in [1.54, 1.807) is 17.1 Å². The van der Waals surface area contributed by atoms with Crippen molar-refractivity contribution in [3.63, 3.8) is 0 Å². The van der Waals surface area contributed by atoms with Gasteiger partial charge in [0.25, 0.3) is 0 Å². The summed E-state index contributed by atoms with van der Waals surface area (Å²) in [5, 5.41) is 17.5. The minimum absolute atomic E-state index is 0.129. The van der Waals surface area contributed by atoms with Gasteiger partial charge < -0.3 is 19.9 Å². The van der Waals surface area contributed by atoms with Crippen LogP contribution in [0, 0.1) is 0 Å². The first kappa shape index (κ1) is 18.5. The van der Waals surface area contributed by atoms with Crippen LogP contribution in [0.25, 0.3) is 11.3 Å². The highest BCUT2D eigenvalue weighted by atomic mass is 32.1. The predicted octanol–water partition coefficient (Wildman–Crippen LogP) is 1.87. The lowest BCUT2D eigenvalue weighted by Gasteiger charge is -2.13. The van der Waals surface area contributed by atoms with Crippen molar-refractivity contribution in [2.75, 3.05) is 19.0 Å². The van der Waals surface area contributed by atoms with E-state index in [4.69, 9.17) is 26.8 Å². The third kappa shape index (κ3) is 4.61. The Hall–Kier alpha value is -2.79. The molecular weight excluding hydrogens is 348 g/mol. The quantitative estimate of drug-likeness (QED) is 0.657. The Morgan fingerprint density at radius 3 is 2.88 bits per heavy atom. The summed E-state index contributed by atoms with van der Waals surface area (Å²) >= 11 is 4.90. The number of ether oxygens (including phenoxy) is 2. The lowest BCUT2D eigenvalue weighted by atomic mass is 10.2. The van der Waals surface area contributed by atoms with E-state index in [2.05, 4.69) is 20.4 Å². The molecular formula is C14H18N6O4S. The molecule has 134 valence electrons. The number of carboxylic acid groups (broad SMARTS) is 1. The molecule has 0 saturated carbocycles. The van der Waals surface area contributed by atoms with Crippen LogP contribution in [0.4, 0.5) is 10.6 Å². The Labute approximate surface area is 149 Å². The lowest BCUT2D eigenvalue weighted by Crippen LogP contribution is -2.33. The van der Waals surface area contributed by atoms with E-state index in [0.29, 0.717) is 23.6 Å². The highest BCUT2D eigenvalue weighted by Gasteiger charge is 2.17. The third-order valence-corrected chi connectivity index (χ3v) is 3.32. The molecule has 0 radical (unpaired) electrons. The van der Waals surface area contributed by atoms with Crippen LogP contribution >= 0.6 is 12.2 Å². The lowest BCUT2D eigenvalue weighted by molar-refractivity contribution is 0.0160. The maximum atomic E-state index is 10.6. The molecule has 0 aromatic carbocycles. The van der Waals surface area contributed by atoms with Crippen LogP contribution in [-0.2, 0) is 4.74 Å². The van der Waals surface area contributed by atoms with Crippen LogP contribution in [0.5, 0.6) is 5.75 Å². The summed E-state index contributed by atoms with van der Waals surface area (Å²) in [7, 11) is 1.45. The number of hydrogen-bond acceptors (Lipinski definition) is 7. The van der Waals surface area contributed by atoms with Gasteiger partial charge in [-0.2, -0.15) is 5.10 Å². The van der Waals surface area contributed by atoms with E-state index in [9.17, 15) is 4.79 Å². The number of rotatable bonds is 6. The van der Waals surface area contributed by atoms with E-state index in [-0.39, 0.29) is 17.2 Å². The number of amides is 1. The smallest absolute Gasteiger partial charge is 0.410 e. The van der Waals surface area contributed by atoms with Gasteiger partial charge in [0, 0.05) is 18.4 Å². The summed E-state index contributed by atoms with van der Waals surface area (Å²) in [6.45, 7) is 4.34. The van der Waals surface area contributed by atoms with E-state index in [1.807, 2.05) is 19.2 Å². The molecule has 1 amide bonds. The first-order chi connectivity index (χ1) is 12.0. The number of anilines is 1. The second-order valence-electron chi connectivity index (χ2n) is 4.75. The van der Waals surface area contributed by atoms with Crippen molar-refractivity contribution in [1.29, 1.82) is 0 Å². The summed E-state index contributed by atoms with van der Waals surface area (Å²) in [5.41, 5.74) is 1.17. The molecule has 0 aliphatic rings. The summed E-state index contributed by atoms with van der Waals surface area (Å²) in [4.78, 5) is 18.9. The second-order valence-corrected chi connectivity index (χ2v) is 5.16. The molecule has 0 fully saturated rings. The number of nitrogens with zero attached hydrogens (tertiary/aromatic N) is 4. The highest BCUT2D eigenvalue weighted by molar-refractivity contribution is 7.80. The van der Waals surface area contributed by atoms with Crippen molar-refractivity contribution in [2.45, 2.75) is 20.1 Å². The van der Waals surface area contributed by atoms with Gasteiger partial charge >= 0.3 is 6.09 Å². The van der Waals surface area contributed by atoms with Gasteiger partial charge in [0.15, 0.2) is 16.7 Å². The fraction of sp³-hybridized carbons (Fsp3) is 0.357. The molecule has 0 saturated heterocycles. The van der Waals surface area contributed by atoms with Gasteiger partial charge in [0.2, 0.25) is 0 Å². The first-order valence-corrected chi connectivity index (χ1v) is 7.73. The van der Waals surface area contributed by atoms with E-state index >= 15 is 0 Å². The normalized spacial score (nSPS) is 11.6. The standard InChI is InChI=1S/C14H18N6O4S/c1-4-24-8(2)20-6-9(5-17-20)10-11(23-3)12(16-7-15-10)18-13(25)19-14(21)22/h5-8H,4H2,1-3H3,(H,21,22)(H2,15,16,18,19,25). The monoisotopic (exact) mass is 366 g/mol. The molecule has 0 aliphatic carbocycles. The average Bonchev–Trinajstić information content (AvgIpc) is 3.04. The number of thiocarbonyl (C=S) groups is 1. The van der Waals surface area contributed by atoms with Crippen LogP contribution in [-0.4, -0.2) is 49.8 Å². The molecule has 1 unspecified atom stereocenters. The zero-order valence-corrected chi connectivity index (χ0v) is 14.7. The molecule has 10 nitrogen and oxygen atoms in total. The van der Waals surface area contributed by atoms with Crippen molar-refractivity contribution in [1.82, 2.24) is 25.1 Å². The van der Waals surface area contributed by atoms with Gasteiger partial charge in [-0.3, -0.25) is 5.32 Å². The fourth-order valence-corrected chi connectivity index (χ4v) is 2.26. The minimum Gasteiger partial charge on any atom is -0.491 e. The Morgan fingerprint density at radius 2 is 2.24 bits per heavy atom. The van der Waals surface area contributed by atoms with Crippen molar-refractivity contribution in [3.05, 3.63) is 18.7 Å². The van der Waals surface area contributed by atoms with Crippen LogP contribution in [0.1, 0.15) is 20.1 Å². The van der Waals surface area contributed by atoms with Gasteiger partial charge in [-0.15, -0.1) is 0 Å². The molecule has 1 atom stereocenters. The average molecular weight is 366 g/mol. The van der Waals surface area contributed by atoms with Crippen LogP contribution in [0.2, 0.25) is 0 Å². The van der Waals surface area contributed by atoms with E-state index in [0.717, 1.165) is 0 Å². The van der Waals surface area contributed by atoms with Gasteiger partial charge in [0.1, 0.15) is 18.2 Å². The molecule has 2 aromatic rings. The Morgan fingerprint density at radius 1 is 1.48 bits per heavy atom. The zero-order chi connectivity index (χ0) is 18.4. The van der Waals surface area contributed by atoms with E-state index in [1.165, 1.54) is 13.4 Å². The van der Waals surface area contributed by atoms with Gasteiger partial charge in [-0.1, -0.05) is 0 Å². The van der Waals surface area contributed by atoms with Gasteiger partial charge in [-0.25, -0.2) is 19.4 Å². The maximum absolute atomic E-state index is 10.6. The Balaban J connectivity index is 2.31. The molecule has 25 heavy (non-hydrogen) atoms. The minimum atomic E-state index is -1.28. The predicted molar refractivity (Wildman–Crippen MR) is 93.5 cm³/mol. The number of carbonyl (C=O) groups is 1. The molecule has 3 N–H and O–H groups in total. The molecule has 11 heteroatoms. The largest absolute Gasteiger partial charge is 0.491 e. The topological polar surface area (TPSA) is 123 Å². The number of nitrogens with one attached hydrogen (secondary N) is 2. The zero-order valence-electron chi connectivity index (χ0n) is 13.9. The third-order valence-electron chi connectivity index (χ3n) is 3.12. The van der Waals surface area contributed by atoms with Crippen LogP contribution < -0.4 is 15.4 Å². The maximum Gasteiger partial charge on any atom is 0.410 e. The number of aromatic nitrogens is 4. The van der Waals surface area contributed by atoms with Crippen LogP contribution in [0.3, 0.4) is 0 Å². The van der Waals surface area contributed by atoms with Crippen molar-refractivity contribution in [3.8, 4) is 17.0 Å². The Kier molecular flexibility index (Phi) is 6.19. The summed E-state index contributed by atoms with van der Waals surface area (Å²) in [6, 6.07) is 0. The highest BCUT2D eigenvalue weighted by Crippen LogP contribution is 2.33.